The topological polar surface area (TPSA) is 42.0 Å². The highest BCUT2D eigenvalue weighted by atomic mass is 16.5. The Labute approximate surface area is 139 Å². The first-order chi connectivity index (χ1) is 11.3. The van der Waals surface area contributed by atoms with Crippen LogP contribution in [0.1, 0.15) is 38.5 Å². The molecule has 0 bridgehead atoms. The highest BCUT2D eigenvalue weighted by molar-refractivity contribution is 5.77. The SMILES string of the molecule is O=C(COC1CCCC1)N1C[C@H]2[C@H](CN3CCCC3)CO[C@H]2C1. The van der Waals surface area contributed by atoms with Gasteiger partial charge in [-0.1, -0.05) is 12.8 Å². The molecule has 4 rings (SSSR count). The Kier molecular flexibility index (Phi) is 4.88. The molecule has 0 radical (unpaired) electrons. The number of hydrogen-bond donors (Lipinski definition) is 0. The standard InChI is InChI=1S/C18H30N2O3/c21-18(13-22-15-5-1-2-6-15)20-10-16-14(12-23-17(16)11-20)9-19-7-3-4-8-19/h14-17H,1-13H2/t14-,16+,17+/m1/s1. The van der Waals surface area contributed by atoms with E-state index in [0.29, 0.717) is 17.9 Å². The summed E-state index contributed by atoms with van der Waals surface area (Å²) in [4.78, 5) is 17.0. The molecule has 4 fully saturated rings. The van der Waals surface area contributed by atoms with Gasteiger partial charge in [0.15, 0.2) is 0 Å². The van der Waals surface area contributed by atoms with Crippen molar-refractivity contribution in [2.75, 3.05) is 45.9 Å². The number of rotatable bonds is 5. The lowest BCUT2D eigenvalue weighted by Gasteiger charge is -2.24. The summed E-state index contributed by atoms with van der Waals surface area (Å²) in [6.07, 6.45) is 8.00. The molecule has 5 nitrogen and oxygen atoms in total. The van der Waals surface area contributed by atoms with Crippen molar-refractivity contribution >= 4 is 5.91 Å². The molecule has 23 heavy (non-hydrogen) atoms. The highest BCUT2D eigenvalue weighted by Crippen LogP contribution is 2.34. The van der Waals surface area contributed by atoms with Gasteiger partial charge in [0, 0.05) is 31.5 Å². The first kappa shape index (κ1) is 15.9. The van der Waals surface area contributed by atoms with Crippen molar-refractivity contribution in [3.63, 3.8) is 0 Å². The van der Waals surface area contributed by atoms with Gasteiger partial charge in [-0.2, -0.15) is 0 Å². The van der Waals surface area contributed by atoms with Crippen molar-refractivity contribution in [1.82, 2.24) is 9.80 Å². The summed E-state index contributed by atoms with van der Waals surface area (Å²) in [6.45, 7) is 6.43. The second-order valence-corrected chi connectivity index (χ2v) is 7.82. The molecule has 3 heterocycles. The van der Waals surface area contributed by atoms with Crippen LogP contribution in [0.15, 0.2) is 0 Å². The minimum absolute atomic E-state index is 0.162. The maximum atomic E-state index is 12.4. The molecule has 4 aliphatic rings. The van der Waals surface area contributed by atoms with Crippen LogP contribution in [-0.4, -0.2) is 73.9 Å². The summed E-state index contributed by atoms with van der Waals surface area (Å²) < 4.78 is 11.8. The van der Waals surface area contributed by atoms with Crippen LogP contribution in [-0.2, 0) is 14.3 Å². The van der Waals surface area contributed by atoms with E-state index in [2.05, 4.69) is 4.90 Å². The molecular formula is C18H30N2O3. The Balaban J connectivity index is 1.25. The van der Waals surface area contributed by atoms with Crippen LogP contribution in [0.4, 0.5) is 0 Å². The molecule has 0 aromatic heterocycles. The summed E-state index contributed by atoms with van der Waals surface area (Å²) >= 11 is 0. The normalized spacial score (nSPS) is 35.3. The zero-order chi connectivity index (χ0) is 15.6. The van der Waals surface area contributed by atoms with Crippen molar-refractivity contribution < 1.29 is 14.3 Å². The molecule has 3 aliphatic heterocycles. The molecule has 3 atom stereocenters. The van der Waals surface area contributed by atoms with Crippen LogP contribution in [0, 0.1) is 11.8 Å². The fraction of sp³-hybridized carbons (Fsp3) is 0.944. The monoisotopic (exact) mass is 322 g/mol. The van der Waals surface area contributed by atoms with Crippen LogP contribution in [0.25, 0.3) is 0 Å². The largest absolute Gasteiger partial charge is 0.376 e. The average molecular weight is 322 g/mol. The number of carbonyl (C=O) groups is 1. The second kappa shape index (κ2) is 7.08. The van der Waals surface area contributed by atoms with Gasteiger partial charge < -0.3 is 19.3 Å². The summed E-state index contributed by atoms with van der Waals surface area (Å²) in [6, 6.07) is 0. The molecule has 0 aromatic carbocycles. The van der Waals surface area contributed by atoms with E-state index in [1.807, 2.05) is 4.90 Å². The maximum absolute atomic E-state index is 12.4. The van der Waals surface area contributed by atoms with Crippen LogP contribution < -0.4 is 0 Å². The van der Waals surface area contributed by atoms with E-state index in [0.717, 1.165) is 39.1 Å². The molecule has 130 valence electrons. The van der Waals surface area contributed by atoms with Gasteiger partial charge in [-0.25, -0.2) is 0 Å². The molecule has 3 saturated heterocycles. The molecular weight excluding hydrogens is 292 g/mol. The van der Waals surface area contributed by atoms with Crippen molar-refractivity contribution in [2.24, 2.45) is 11.8 Å². The fourth-order valence-corrected chi connectivity index (χ4v) is 4.82. The predicted octanol–water partition coefficient (Wildman–Crippen LogP) is 1.51. The van der Waals surface area contributed by atoms with E-state index in [1.165, 1.54) is 38.8 Å². The van der Waals surface area contributed by atoms with E-state index >= 15 is 0 Å². The Morgan fingerprint density at radius 3 is 2.65 bits per heavy atom. The third-order valence-corrected chi connectivity index (χ3v) is 6.23. The second-order valence-electron chi connectivity index (χ2n) is 7.82. The first-order valence-corrected chi connectivity index (χ1v) is 9.53. The predicted molar refractivity (Wildman–Crippen MR) is 87.2 cm³/mol. The summed E-state index contributed by atoms with van der Waals surface area (Å²) in [5.41, 5.74) is 0. The molecule has 1 aliphatic carbocycles. The lowest BCUT2D eigenvalue weighted by atomic mass is 9.93. The van der Waals surface area contributed by atoms with Gasteiger partial charge in [-0.05, 0) is 38.8 Å². The molecule has 1 amide bonds. The van der Waals surface area contributed by atoms with Crippen molar-refractivity contribution in [1.29, 1.82) is 0 Å². The van der Waals surface area contributed by atoms with Crippen molar-refractivity contribution in [3.05, 3.63) is 0 Å². The number of likely N-dealkylation sites (tertiary alicyclic amines) is 2. The van der Waals surface area contributed by atoms with E-state index in [9.17, 15) is 4.79 Å². The zero-order valence-electron chi connectivity index (χ0n) is 14.1. The Bertz CT molecular complexity index is 418. The van der Waals surface area contributed by atoms with Gasteiger partial charge >= 0.3 is 0 Å². The number of nitrogens with zero attached hydrogens (tertiary/aromatic N) is 2. The molecule has 0 spiro atoms. The smallest absolute Gasteiger partial charge is 0.248 e. The molecule has 0 unspecified atom stereocenters. The van der Waals surface area contributed by atoms with Crippen LogP contribution >= 0.6 is 0 Å². The third-order valence-electron chi connectivity index (χ3n) is 6.23. The first-order valence-electron chi connectivity index (χ1n) is 9.53. The number of carbonyl (C=O) groups excluding carboxylic acids is 1. The molecule has 1 saturated carbocycles. The summed E-state index contributed by atoms with van der Waals surface area (Å²) in [5, 5.41) is 0. The van der Waals surface area contributed by atoms with Gasteiger partial charge in [-0.3, -0.25) is 4.79 Å². The Morgan fingerprint density at radius 2 is 1.87 bits per heavy atom. The Hall–Kier alpha value is -0.650. The highest BCUT2D eigenvalue weighted by Gasteiger charge is 2.45. The van der Waals surface area contributed by atoms with Crippen molar-refractivity contribution in [2.45, 2.75) is 50.7 Å². The number of fused-ring (bicyclic) bond motifs is 1. The quantitative estimate of drug-likeness (QED) is 0.769. The Morgan fingerprint density at radius 1 is 1.09 bits per heavy atom. The van der Waals surface area contributed by atoms with Gasteiger partial charge in [0.2, 0.25) is 5.91 Å². The van der Waals surface area contributed by atoms with E-state index < -0.39 is 0 Å². The fourth-order valence-electron chi connectivity index (χ4n) is 4.82. The molecule has 0 N–H and O–H groups in total. The minimum Gasteiger partial charge on any atom is -0.376 e. The van der Waals surface area contributed by atoms with Gasteiger partial charge in [0.05, 0.1) is 18.8 Å². The maximum Gasteiger partial charge on any atom is 0.248 e. The summed E-state index contributed by atoms with van der Waals surface area (Å²) in [7, 11) is 0. The van der Waals surface area contributed by atoms with Crippen LogP contribution in [0.2, 0.25) is 0 Å². The van der Waals surface area contributed by atoms with E-state index in [4.69, 9.17) is 9.47 Å². The zero-order valence-corrected chi connectivity index (χ0v) is 14.1. The number of amides is 1. The van der Waals surface area contributed by atoms with Gasteiger partial charge in [-0.15, -0.1) is 0 Å². The van der Waals surface area contributed by atoms with E-state index in [-0.39, 0.29) is 18.6 Å². The van der Waals surface area contributed by atoms with Crippen molar-refractivity contribution in [3.8, 4) is 0 Å². The van der Waals surface area contributed by atoms with Crippen LogP contribution in [0.3, 0.4) is 0 Å². The minimum atomic E-state index is 0.162. The van der Waals surface area contributed by atoms with E-state index in [1.54, 1.807) is 0 Å². The summed E-state index contributed by atoms with van der Waals surface area (Å²) in [5.74, 6) is 1.30. The lowest BCUT2D eigenvalue weighted by molar-refractivity contribution is -0.137. The third kappa shape index (κ3) is 3.57. The average Bonchev–Trinajstić information content (AvgIpc) is 3.32. The molecule has 5 heteroatoms. The lowest BCUT2D eigenvalue weighted by Crippen LogP contribution is -2.36. The molecule has 0 aromatic rings. The number of ether oxygens (including phenoxy) is 2. The number of hydrogen-bond acceptors (Lipinski definition) is 4. The van der Waals surface area contributed by atoms with Gasteiger partial charge in [0.25, 0.3) is 0 Å². The van der Waals surface area contributed by atoms with Crippen LogP contribution in [0.5, 0.6) is 0 Å². The van der Waals surface area contributed by atoms with Gasteiger partial charge in [0.1, 0.15) is 6.61 Å².